The van der Waals surface area contributed by atoms with Crippen LogP contribution in [0.1, 0.15) is 118 Å². The molecule has 0 bridgehead atoms. The summed E-state index contributed by atoms with van der Waals surface area (Å²) in [6.45, 7) is 0.768. The number of hydrogen-bond donors (Lipinski definition) is 0. The van der Waals surface area contributed by atoms with Crippen LogP contribution in [0.2, 0.25) is 0 Å². The minimum Gasteiger partial charge on any atom is -0.385 e. The Morgan fingerprint density at radius 3 is 1.53 bits per heavy atom. The zero-order valence-corrected chi connectivity index (χ0v) is 22.7. The summed E-state index contributed by atoms with van der Waals surface area (Å²) in [7, 11) is 1.82. The number of rotatable bonds is 13. The molecule has 36 heavy (non-hydrogen) atoms. The van der Waals surface area contributed by atoms with Crippen molar-refractivity contribution in [1.29, 1.82) is 0 Å². The molecule has 198 valence electrons. The van der Waals surface area contributed by atoms with Crippen molar-refractivity contribution in [2.45, 2.75) is 108 Å². The Hall–Kier alpha value is -1.67. The molecule has 0 unspecified atom stereocenters. The smallest absolute Gasteiger partial charge is 0.0894 e. The molecule has 2 aromatic carbocycles. The lowest BCUT2D eigenvalue weighted by atomic mass is 9.77. The van der Waals surface area contributed by atoms with Crippen molar-refractivity contribution in [3.05, 3.63) is 70.8 Å². The van der Waals surface area contributed by atoms with E-state index in [1.165, 1.54) is 87.3 Å². The summed E-state index contributed by atoms with van der Waals surface area (Å²) in [6.07, 6.45) is 18.6. The first-order valence-corrected chi connectivity index (χ1v) is 15.0. The summed E-state index contributed by atoms with van der Waals surface area (Å²) >= 11 is 0. The van der Waals surface area contributed by atoms with Gasteiger partial charge in [-0.25, -0.2) is 0 Å². The molecule has 0 radical (unpaired) electrons. The zero-order chi connectivity index (χ0) is 25.0. The van der Waals surface area contributed by atoms with E-state index in [1.807, 2.05) is 7.11 Å². The monoisotopic (exact) mass is 492 g/mol. The molecule has 0 aliphatic heterocycles. The fourth-order valence-corrected chi connectivity index (χ4v) is 6.76. The van der Waals surface area contributed by atoms with E-state index in [9.17, 15) is 4.39 Å². The largest absolute Gasteiger partial charge is 0.385 e. The highest BCUT2D eigenvalue weighted by Crippen LogP contribution is 2.38. The Labute approximate surface area is 220 Å². The number of unbranched alkanes of at least 4 members (excludes halogenated alkanes) is 2. The van der Waals surface area contributed by atoms with Crippen molar-refractivity contribution in [2.75, 3.05) is 20.4 Å². The van der Waals surface area contributed by atoms with Crippen LogP contribution in [0.4, 0.5) is 4.39 Å². The summed E-state index contributed by atoms with van der Waals surface area (Å²) in [4.78, 5) is 0. The predicted octanol–water partition coefficient (Wildman–Crippen LogP) is 9.59. The molecule has 0 N–H and O–H groups in total. The van der Waals surface area contributed by atoms with Crippen LogP contribution in [0.15, 0.2) is 48.5 Å². The van der Waals surface area contributed by atoms with Crippen molar-refractivity contribution in [1.82, 2.24) is 0 Å². The second-order valence-electron chi connectivity index (χ2n) is 11.7. The van der Waals surface area contributed by atoms with Gasteiger partial charge in [-0.2, -0.15) is 0 Å². The molecule has 0 saturated heterocycles. The van der Waals surface area contributed by atoms with Gasteiger partial charge in [0.2, 0.25) is 0 Å². The van der Waals surface area contributed by atoms with E-state index < -0.39 is 0 Å². The average Bonchev–Trinajstić information content (AvgIpc) is 2.94. The number of ether oxygens (including phenoxy) is 1. The predicted molar refractivity (Wildman–Crippen MR) is 151 cm³/mol. The van der Waals surface area contributed by atoms with Gasteiger partial charge in [0.15, 0.2) is 0 Å². The summed E-state index contributed by atoms with van der Waals surface area (Å²) in [5, 5.41) is 0. The maximum absolute atomic E-state index is 12.3. The first kappa shape index (κ1) is 27.4. The van der Waals surface area contributed by atoms with Gasteiger partial charge in [-0.1, -0.05) is 67.8 Å². The van der Waals surface area contributed by atoms with E-state index in [-0.39, 0.29) is 6.67 Å². The highest BCUT2D eigenvalue weighted by molar-refractivity contribution is 5.29. The number of benzene rings is 2. The fraction of sp³-hybridized carbons (Fsp3) is 0.647. The Balaban J connectivity index is 1.17. The van der Waals surface area contributed by atoms with Crippen molar-refractivity contribution in [3.8, 4) is 0 Å². The van der Waals surface area contributed by atoms with Crippen LogP contribution in [0.5, 0.6) is 0 Å². The van der Waals surface area contributed by atoms with Gasteiger partial charge >= 0.3 is 0 Å². The third-order valence-electron chi connectivity index (χ3n) is 9.27. The first-order valence-electron chi connectivity index (χ1n) is 15.0. The fourth-order valence-electron chi connectivity index (χ4n) is 6.76. The van der Waals surface area contributed by atoms with Gasteiger partial charge in [0.25, 0.3) is 0 Å². The van der Waals surface area contributed by atoms with Crippen LogP contribution in [0, 0.1) is 11.8 Å². The average molecular weight is 493 g/mol. The molecule has 0 aromatic heterocycles. The third kappa shape index (κ3) is 8.44. The van der Waals surface area contributed by atoms with E-state index in [0.717, 1.165) is 56.0 Å². The SMILES string of the molecule is COCCC1CCC(c2ccc(CCc3ccc(C4CCC(CCCCCF)CC4)cc3)cc2)CC1. The van der Waals surface area contributed by atoms with Gasteiger partial charge in [0, 0.05) is 13.7 Å². The number of hydrogen-bond acceptors (Lipinski definition) is 1. The van der Waals surface area contributed by atoms with Crippen LogP contribution >= 0.6 is 0 Å². The highest BCUT2D eigenvalue weighted by Gasteiger charge is 2.23. The minimum atomic E-state index is -0.147. The lowest BCUT2D eigenvalue weighted by molar-refractivity contribution is 0.163. The standard InChI is InChI=1S/C34H49FO/c1-36-26-24-30-14-22-34(23-15-30)33-20-12-29(13-21-33)7-6-28-10-18-32(19-11-28)31-16-8-27(9-17-31)5-3-2-4-25-35/h10-13,18-21,27,30-31,34H,2-9,14-17,22-26H2,1H3. The third-order valence-corrected chi connectivity index (χ3v) is 9.27. The maximum Gasteiger partial charge on any atom is 0.0894 e. The Morgan fingerprint density at radius 1 is 0.611 bits per heavy atom. The van der Waals surface area contributed by atoms with Crippen LogP contribution in [0.25, 0.3) is 0 Å². The lowest BCUT2D eigenvalue weighted by Crippen LogP contribution is -2.14. The van der Waals surface area contributed by atoms with Crippen molar-refractivity contribution in [3.63, 3.8) is 0 Å². The number of halogens is 1. The molecule has 0 atom stereocenters. The Kier molecular flexibility index (Phi) is 11.3. The molecule has 2 heteroatoms. The molecule has 4 rings (SSSR count). The van der Waals surface area contributed by atoms with Crippen LogP contribution in [-0.2, 0) is 17.6 Å². The molecule has 2 aliphatic rings. The van der Waals surface area contributed by atoms with E-state index >= 15 is 0 Å². The number of aryl methyl sites for hydroxylation is 2. The molecule has 0 spiro atoms. The summed E-state index contributed by atoms with van der Waals surface area (Å²) in [5.41, 5.74) is 6.00. The molecule has 0 amide bonds. The number of methoxy groups -OCH3 is 1. The first-order chi connectivity index (χ1) is 17.7. The normalized spacial score (nSPS) is 24.6. The van der Waals surface area contributed by atoms with Gasteiger partial charge in [-0.05, 0) is 123 Å². The van der Waals surface area contributed by atoms with Crippen molar-refractivity contribution >= 4 is 0 Å². The van der Waals surface area contributed by atoms with Gasteiger partial charge in [0.05, 0.1) is 6.67 Å². The Morgan fingerprint density at radius 2 is 1.08 bits per heavy atom. The number of alkyl halides is 1. The highest BCUT2D eigenvalue weighted by atomic mass is 19.1. The van der Waals surface area contributed by atoms with Crippen LogP contribution < -0.4 is 0 Å². The molecule has 0 heterocycles. The molecule has 2 aromatic rings. The van der Waals surface area contributed by atoms with Gasteiger partial charge in [0.1, 0.15) is 0 Å². The molecular formula is C34H49FO. The minimum absolute atomic E-state index is 0.147. The molecule has 2 saturated carbocycles. The summed E-state index contributed by atoms with van der Waals surface area (Å²) in [5.74, 6) is 3.24. The van der Waals surface area contributed by atoms with Gasteiger partial charge in [-0.15, -0.1) is 0 Å². The van der Waals surface area contributed by atoms with E-state index in [1.54, 1.807) is 5.56 Å². The van der Waals surface area contributed by atoms with Gasteiger partial charge in [-0.3, -0.25) is 4.39 Å². The second-order valence-corrected chi connectivity index (χ2v) is 11.7. The van der Waals surface area contributed by atoms with Gasteiger partial charge < -0.3 is 4.74 Å². The molecular weight excluding hydrogens is 443 g/mol. The van der Waals surface area contributed by atoms with E-state index in [0.29, 0.717) is 0 Å². The van der Waals surface area contributed by atoms with E-state index in [4.69, 9.17) is 4.74 Å². The molecule has 2 aliphatic carbocycles. The van der Waals surface area contributed by atoms with Crippen molar-refractivity contribution < 1.29 is 9.13 Å². The lowest BCUT2D eigenvalue weighted by Gasteiger charge is -2.29. The second kappa shape index (κ2) is 14.9. The topological polar surface area (TPSA) is 9.23 Å². The van der Waals surface area contributed by atoms with Crippen molar-refractivity contribution in [2.24, 2.45) is 11.8 Å². The molecule has 2 fully saturated rings. The summed E-state index contributed by atoms with van der Waals surface area (Å²) in [6, 6.07) is 19.1. The quantitative estimate of drug-likeness (QED) is 0.253. The van der Waals surface area contributed by atoms with Crippen LogP contribution in [-0.4, -0.2) is 20.4 Å². The van der Waals surface area contributed by atoms with Crippen LogP contribution in [0.3, 0.4) is 0 Å². The Bertz CT molecular complexity index is 842. The summed E-state index contributed by atoms with van der Waals surface area (Å²) < 4.78 is 17.5. The maximum atomic E-state index is 12.3. The zero-order valence-electron chi connectivity index (χ0n) is 22.7. The van der Waals surface area contributed by atoms with E-state index in [2.05, 4.69) is 48.5 Å². The molecule has 1 nitrogen and oxygen atoms in total.